The lowest BCUT2D eigenvalue weighted by Crippen LogP contribution is -2.37. The molecule has 0 bridgehead atoms. The predicted molar refractivity (Wildman–Crippen MR) is 134 cm³/mol. The number of nitrogens with zero attached hydrogens (tertiary/aromatic N) is 2. The van der Waals surface area contributed by atoms with Crippen molar-refractivity contribution in [3.63, 3.8) is 0 Å². The van der Waals surface area contributed by atoms with E-state index in [1.54, 1.807) is 12.1 Å². The van der Waals surface area contributed by atoms with Gasteiger partial charge in [-0.05, 0) is 66.3 Å². The molecule has 1 aliphatic heterocycles. The number of nitrogen functional groups attached to an aromatic ring is 1. The monoisotopic (exact) mass is 494 g/mol. The van der Waals surface area contributed by atoms with E-state index in [1.807, 2.05) is 43.3 Å². The number of hydrogen-bond acceptors (Lipinski definition) is 6. The van der Waals surface area contributed by atoms with Gasteiger partial charge in [-0.1, -0.05) is 35.9 Å². The standard InChI is InChI=1S/C25H23ClN4O3S/c1-14-28-24(30-29-14)25(8-10-33-11-9-25)19-13-20(27)18(23(31)32)12-17(19)15-4-2-3-5-16(15)21-6-7-22(26)34-21/h2-7,12-13H,8-11,27H2,1H3,(H,31,32)(H,28,29,30). The van der Waals surface area contributed by atoms with Gasteiger partial charge in [0.2, 0.25) is 0 Å². The van der Waals surface area contributed by atoms with Gasteiger partial charge in [-0.3, -0.25) is 5.10 Å². The van der Waals surface area contributed by atoms with Crippen molar-refractivity contribution < 1.29 is 14.6 Å². The average molecular weight is 495 g/mol. The zero-order chi connectivity index (χ0) is 23.9. The maximum atomic E-state index is 12.1. The maximum absolute atomic E-state index is 12.1. The Balaban J connectivity index is 1.82. The van der Waals surface area contributed by atoms with Gasteiger partial charge in [0.25, 0.3) is 0 Å². The second-order valence-electron chi connectivity index (χ2n) is 8.38. The maximum Gasteiger partial charge on any atom is 0.337 e. The van der Waals surface area contributed by atoms with Crippen LogP contribution < -0.4 is 5.73 Å². The van der Waals surface area contributed by atoms with Gasteiger partial charge in [-0.15, -0.1) is 11.3 Å². The summed E-state index contributed by atoms with van der Waals surface area (Å²) < 4.78 is 6.39. The Morgan fingerprint density at radius 2 is 1.88 bits per heavy atom. The highest BCUT2D eigenvalue weighted by Gasteiger charge is 2.42. The lowest BCUT2D eigenvalue weighted by molar-refractivity contribution is 0.0606. The number of carboxylic acid groups (broad SMARTS) is 1. The molecule has 2 aromatic heterocycles. The van der Waals surface area contributed by atoms with Crippen LogP contribution in [-0.2, 0) is 10.2 Å². The fraction of sp³-hybridized carbons (Fsp3) is 0.240. The zero-order valence-electron chi connectivity index (χ0n) is 18.5. The first-order valence-corrected chi connectivity index (χ1v) is 12.1. The summed E-state index contributed by atoms with van der Waals surface area (Å²) in [4.78, 5) is 17.7. The zero-order valence-corrected chi connectivity index (χ0v) is 20.0. The molecule has 0 unspecified atom stereocenters. The first-order chi connectivity index (χ1) is 16.4. The molecule has 0 spiro atoms. The van der Waals surface area contributed by atoms with Crippen molar-refractivity contribution in [2.75, 3.05) is 18.9 Å². The first kappa shape index (κ1) is 22.6. The van der Waals surface area contributed by atoms with E-state index in [2.05, 4.69) is 10.2 Å². The van der Waals surface area contributed by atoms with Crippen LogP contribution in [0.3, 0.4) is 0 Å². The Morgan fingerprint density at radius 1 is 1.15 bits per heavy atom. The number of nitrogens with one attached hydrogen (secondary N) is 1. The van der Waals surface area contributed by atoms with Crippen LogP contribution in [0, 0.1) is 6.92 Å². The fourth-order valence-corrected chi connectivity index (χ4v) is 5.78. The molecule has 3 heterocycles. The summed E-state index contributed by atoms with van der Waals surface area (Å²) in [5, 5.41) is 17.4. The van der Waals surface area contributed by atoms with Gasteiger partial charge < -0.3 is 15.6 Å². The number of hydrogen-bond donors (Lipinski definition) is 3. The third-order valence-corrected chi connectivity index (χ3v) is 7.63. The van der Waals surface area contributed by atoms with Gasteiger partial charge in [-0.2, -0.15) is 5.10 Å². The third-order valence-electron chi connectivity index (χ3n) is 6.36. The molecule has 0 aliphatic carbocycles. The minimum atomic E-state index is -1.07. The number of carbonyl (C=O) groups is 1. The number of thiophene rings is 1. The van der Waals surface area contributed by atoms with Crippen LogP contribution in [0.5, 0.6) is 0 Å². The number of nitrogens with two attached hydrogens (primary N) is 1. The number of halogens is 1. The van der Waals surface area contributed by atoms with E-state index in [9.17, 15) is 9.90 Å². The minimum Gasteiger partial charge on any atom is -0.478 e. The van der Waals surface area contributed by atoms with Crippen molar-refractivity contribution in [1.29, 1.82) is 0 Å². The highest BCUT2D eigenvalue weighted by Crippen LogP contribution is 2.47. The summed E-state index contributed by atoms with van der Waals surface area (Å²) in [5.41, 5.74) is 9.54. The van der Waals surface area contributed by atoms with Gasteiger partial charge in [0.15, 0.2) is 5.82 Å². The molecule has 0 radical (unpaired) electrons. The fourth-order valence-electron chi connectivity index (χ4n) is 4.70. The summed E-state index contributed by atoms with van der Waals surface area (Å²) in [5.74, 6) is 0.302. The third kappa shape index (κ3) is 3.87. The predicted octanol–water partition coefficient (Wildman–Crippen LogP) is 5.54. The number of rotatable bonds is 5. The molecule has 2 aromatic carbocycles. The molecule has 4 N–H and O–H groups in total. The summed E-state index contributed by atoms with van der Waals surface area (Å²) >= 11 is 7.72. The number of aromatic amines is 1. The van der Waals surface area contributed by atoms with Crippen molar-refractivity contribution in [3.8, 4) is 21.6 Å². The molecule has 34 heavy (non-hydrogen) atoms. The average Bonchev–Trinajstić information content (AvgIpc) is 3.47. The largest absolute Gasteiger partial charge is 0.478 e. The van der Waals surface area contributed by atoms with Gasteiger partial charge in [0.1, 0.15) is 5.82 Å². The molecular weight excluding hydrogens is 472 g/mol. The molecule has 5 rings (SSSR count). The molecule has 4 aromatic rings. The van der Waals surface area contributed by atoms with Crippen molar-refractivity contribution in [3.05, 3.63) is 75.6 Å². The first-order valence-electron chi connectivity index (χ1n) is 10.9. The van der Waals surface area contributed by atoms with Crippen LogP contribution in [-0.4, -0.2) is 39.5 Å². The number of ether oxygens (including phenoxy) is 1. The van der Waals surface area contributed by atoms with Crippen molar-refractivity contribution in [2.45, 2.75) is 25.2 Å². The highest BCUT2D eigenvalue weighted by atomic mass is 35.5. The molecular formula is C25H23ClN4O3S. The number of aryl methyl sites for hydroxylation is 1. The molecule has 1 fully saturated rings. The summed E-state index contributed by atoms with van der Waals surface area (Å²) in [6.07, 6.45) is 1.30. The van der Waals surface area contributed by atoms with Crippen molar-refractivity contribution in [1.82, 2.24) is 15.2 Å². The van der Waals surface area contributed by atoms with Gasteiger partial charge in [-0.25, -0.2) is 9.78 Å². The number of aromatic carboxylic acids is 1. The topological polar surface area (TPSA) is 114 Å². The van der Waals surface area contributed by atoms with E-state index >= 15 is 0 Å². The van der Waals surface area contributed by atoms with E-state index in [1.165, 1.54) is 11.3 Å². The SMILES string of the molecule is Cc1nc(C2(c3cc(N)c(C(=O)O)cc3-c3ccccc3-c3ccc(Cl)s3)CCOCC2)n[nH]1. The second-order valence-corrected chi connectivity index (χ2v) is 10.1. The second kappa shape index (κ2) is 8.87. The Bertz CT molecular complexity index is 1370. The smallest absolute Gasteiger partial charge is 0.337 e. The van der Waals surface area contributed by atoms with Crippen LogP contribution >= 0.6 is 22.9 Å². The van der Waals surface area contributed by atoms with Crippen LogP contribution in [0.4, 0.5) is 5.69 Å². The number of aromatic nitrogens is 3. The molecule has 0 amide bonds. The van der Waals surface area contributed by atoms with Gasteiger partial charge in [0, 0.05) is 23.8 Å². The van der Waals surface area contributed by atoms with Crippen LogP contribution in [0.1, 0.15) is 40.4 Å². The molecule has 1 aliphatic rings. The Hall–Kier alpha value is -3.20. The molecule has 7 nitrogen and oxygen atoms in total. The molecule has 0 atom stereocenters. The molecule has 0 saturated carbocycles. The normalized spacial score (nSPS) is 15.4. The number of benzene rings is 2. The summed E-state index contributed by atoms with van der Waals surface area (Å²) in [6, 6.07) is 15.2. The van der Waals surface area contributed by atoms with Crippen LogP contribution in [0.25, 0.3) is 21.6 Å². The van der Waals surface area contributed by atoms with E-state index in [0.717, 1.165) is 27.1 Å². The number of anilines is 1. The van der Waals surface area contributed by atoms with E-state index in [-0.39, 0.29) is 11.3 Å². The quantitative estimate of drug-likeness (QED) is 0.314. The number of carboxylic acids is 1. The molecule has 9 heteroatoms. The van der Waals surface area contributed by atoms with Crippen LogP contribution in [0.2, 0.25) is 4.34 Å². The number of H-pyrrole nitrogens is 1. The lowest BCUT2D eigenvalue weighted by atomic mass is 9.70. The minimum absolute atomic E-state index is 0.0612. The van der Waals surface area contributed by atoms with Crippen molar-refractivity contribution >= 4 is 34.6 Å². The summed E-state index contributed by atoms with van der Waals surface area (Å²) in [7, 11) is 0. The highest BCUT2D eigenvalue weighted by molar-refractivity contribution is 7.19. The molecule has 174 valence electrons. The van der Waals surface area contributed by atoms with E-state index < -0.39 is 11.4 Å². The Labute approximate surface area is 205 Å². The Morgan fingerprint density at radius 3 is 2.50 bits per heavy atom. The van der Waals surface area contributed by atoms with E-state index in [0.29, 0.717) is 42.0 Å². The van der Waals surface area contributed by atoms with Crippen molar-refractivity contribution in [2.24, 2.45) is 0 Å². The van der Waals surface area contributed by atoms with Gasteiger partial charge >= 0.3 is 5.97 Å². The van der Waals surface area contributed by atoms with Crippen LogP contribution in [0.15, 0.2) is 48.5 Å². The lowest BCUT2D eigenvalue weighted by Gasteiger charge is -2.37. The molecule has 1 saturated heterocycles. The summed E-state index contributed by atoms with van der Waals surface area (Å²) in [6.45, 7) is 2.94. The van der Waals surface area contributed by atoms with E-state index in [4.69, 9.17) is 27.1 Å². The Kier molecular flexibility index (Phi) is 5.89. The van der Waals surface area contributed by atoms with Gasteiger partial charge in [0.05, 0.1) is 15.3 Å².